The number of carbonyl (C=O) groups is 2. The van der Waals surface area contributed by atoms with Crippen LogP contribution in [-0.2, 0) is 4.79 Å². The Kier molecular flexibility index (Phi) is 5.23. The molecule has 0 aliphatic heterocycles. The molecule has 0 saturated heterocycles. The van der Waals surface area contributed by atoms with Crippen molar-refractivity contribution in [2.75, 3.05) is 11.9 Å². The molecular formula is C12H15F2N3O2. The third kappa shape index (κ3) is 5.80. The highest BCUT2D eigenvalue weighted by Crippen LogP contribution is 2.12. The molecule has 0 radical (unpaired) electrons. The summed E-state index contributed by atoms with van der Waals surface area (Å²) in [6.07, 6.45) is 0. The van der Waals surface area contributed by atoms with Gasteiger partial charge < -0.3 is 10.6 Å². The van der Waals surface area contributed by atoms with E-state index in [2.05, 4.69) is 16.0 Å². The van der Waals surface area contributed by atoms with Crippen LogP contribution < -0.4 is 16.0 Å². The fourth-order valence-corrected chi connectivity index (χ4v) is 1.31. The zero-order chi connectivity index (χ0) is 14.4. The number of anilines is 1. The lowest BCUT2D eigenvalue weighted by atomic mass is 10.3. The van der Waals surface area contributed by atoms with Gasteiger partial charge in [-0.1, -0.05) is 0 Å². The molecule has 0 unspecified atom stereocenters. The van der Waals surface area contributed by atoms with Gasteiger partial charge in [0.25, 0.3) is 0 Å². The minimum absolute atomic E-state index is 0.0990. The Hall–Kier alpha value is -2.18. The fourth-order valence-electron chi connectivity index (χ4n) is 1.31. The second kappa shape index (κ2) is 6.67. The first-order valence-electron chi connectivity index (χ1n) is 5.67. The lowest BCUT2D eigenvalue weighted by Gasteiger charge is -2.10. The number of hydrogen-bond acceptors (Lipinski definition) is 3. The van der Waals surface area contributed by atoms with Crippen molar-refractivity contribution in [3.8, 4) is 0 Å². The van der Waals surface area contributed by atoms with Gasteiger partial charge >= 0.3 is 6.03 Å². The maximum atomic E-state index is 12.9. The molecule has 0 saturated carbocycles. The van der Waals surface area contributed by atoms with Crippen molar-refractivity contribution >= 4 is 17.6 Å². The monoisotopic (exact) mass is 271 g/mol. The summed E-state index contributed by atoms with van der Waals surface area (Å²) in [4.78, 5) is 22.5. The number of amides is 3. The molecule has 0 atom stereocenters. The number of benzene rings is 1. The van der Waals surface area contributed by atoms with Crippen molar-refractivity contribution in [1.82, 2.24) is 10.6 Å². The molecule has 0 aliphatic rings. The predicted molar refractivity (Wildman–Crippen MR) is 66.7 cm³/mol. The van der Waals surface area contributed by atoms with Crippen LogP contribution in [-0.4, -0.2) is 24.5 Å². The van der Waals surface area contributed by atoms with Crippen LogP contribution in [0.2, 0.25) is 0 Å². The van der Waals surface area contributed by atoms with E-state index in [1.165, 1.54) is 0 Å². The van der Waals surface area contributed by atoms with Crippen LogP contribution in [0.4, 0.5) is 19.3 Å². The molecule has 1 rings (SSSR count). The molecule has 104 valence electrons. The minimum Gasteiger partial charge on any atom is -0.376 e. The van der Waals surface area contributed by atoms with E-state index in [0.29, 0.717) is 0 Å². The van der Waals surface area contributed by atoms with Crippen molar-refractivity contribution < 1.29 is 18.4 Å². The summed E-state index contributed by atoms with van der Waals surface area (Å²) in [5.74, 6) is -2.11. The van der Waals surface area contributed by atoms with Crippen LogP contribution in [0.15, 0.2) is 18.2 Å². The lowest BCUT2D eigenvalue weighted by Crippen LogP contribution is -2.44. The molecule has 0 spiro atoms. The maximum Gasteiger partial charge on any atom is 0.321 e. The van der Waals surface area contributed by atoms with Crippen LogP contribution in [0.3, 0.4) is 0 Å². The van der Waals surface area contributed by atoms with Crippen LogP contribution in [0.5, 0.6) is 0 Å². The van der Waals surface area contributed by atoms with Crippen molar-refractivity contribution in [2.45, 2.75) is 19.9 Å². The molecule has 7 heteroatoms. The topological polar surface area (TPSA) is 70.2 Å². The number of imide groups is 1. The standard InChI is InChI=1S/C12H15F2N3O2/c1-7(2)16-12(19)17-11(18)6-15-10-4-8(13)3-9(14)5-10/h3-5,7,15H,6H2,1-2H3,(H2,16,17,18,19). The molecule has 0 heterocycles. The second-order valence-electron chi connectivity index (χ2n) is 4.19. The van der Waals surface area contributed by atoms with Crippen LogP contribution in [0.25, 0.3) is 0 Å². The van der Waals surface area contributed by atoms with Gasteiger partial charge in [-0.3, -0.25) is 10.1 Å². The molecule has 0 fully saturated rings. The summed E-state index contributed by atoms with van der Waals surface area (Å²) < 4.78 is 25.7. The van der Waals surface area contributed by atoms with Gasteiger partial charge in [-0.25, -0.2) is 13.6 Å². The smallest absolute Gasteiger partial charge is 0.321 e. The predicted octanol–water partition coefficient (Wildman–Crippen LogP) is 1.61. The number of nitrogens with one attached hydrogen (secondary N) is 3. The van der Waals surface area contributed by atoms with Gasteiger partial charge in [0.2, 0.25) is 5.91 Å². The van der Waals surface area contributed by atoms with Gasteiger partial charge in [0, 0.05) is 17.8 Å². The first-order chi connectivity index (χ1) is 8.86. The zero-order valence-electron chi connectivity index (χ0n) is 10.6. The highest BCUT2D eigenvalue weighted by molar-refractivity contribution is 5.96. The van der Waals surface area contributed by atoms with Crippen LogP contribution in [0, 0.1) is 11.6 Å². The molecule has 0 aliphatic carbocycles. The summed E-state index contributed by atoms with van der Waals surface area (Å²) in [5.41, 5.74) is 0.122. The van der Waals surface area contributed by atoms with E-state index in [0.717, 1.165) is 18.2 Å². The summed E-state index contributed by atoms with van der Waals surface area (Å²) in [7, 11) is 0. The van der Waals surface area contributed by atoms with Crippen molar-refractivity contribution in [1.29, 1.82) is 0 Å². The minimum atomic E-state index is -0.750. The van der Waals surface area contributed by atoms with E-state index in [1.54, 1.807) is 13.8 Å². The third-order valence-corrected chi connectivity index (χ3v) is 1.99. The average Bonchev–Trinajstić information content (AvgIpc) is 2.23. The first kappa shape index (κ1) is 14.9. The Morgan fingerprint density at radius 1 is 1.16 bits per heavy atom. The molecule has 1 aromatic rings. The van der Waals surface area contributed by atoms with Crippen LogP contribution in [0.1, 0.15) is 13.8 Å². The third-order valence-electron chi connectivity index (χ3n) is 1.99. The highest BCUT2D eigenvalue weighted by atomic mass is 19.1. The molecular weight excluding hydrogens is 256 g/mol. The van der Waals surface area contributed by atoms with Gasteiger partial charge in [-0.05, 0) is 26.0 Å². The van der Waals surface area contributed by atoms with Gasteiger partial charge in [0.15, 0.2) is 0 Å². The van der Waals surface area contributed by atoms with Gasteiger partial charge in [-0.15, -0.1) is 0 Å². The van der Waals surface area contributed by atoms with E-state index in [1.807, 2.05) is 0 Å². The number of hydrogen-bond donors (Lipinski definition) is 3. The Morgan fingerprint density at radius 3 is 2.26 bits per heavy atom. The molecule has 0 aromatic heterocycles. The van der Waals surface area contributed by atoms with E-state index in [-0.39, 0.29) is 18.3 Å². The molecule has 1 aromatic carbocycles. The average molecular weight is 271 g/mol. The molecule has 19 heavy (non-hydrogen) atoms. The summed E-state index contributed by atoms with van der Waals surface area (Å²) in [6, 6.07) is 2.10. The van der Waals surface area contributed by atoms with Gasteiger partial charge in [0.05, 0.1) is 6.54 Å². The number of carbonyl (C=O) groups excluding carboxylic acids is 2. The van der Waals surface area contributed by atoms with Gasteiger partial charge in [0.1, 0.15) is 11.6 Å². The maximum absolute atomic E-state index is 12.9. The normalized spacial score (nSPS) is 10.2. The summed E-state index contributed by atoms with van der Waals surface area (Å²) in [6.45, 7) is 3.23. The number of rotatable bonds is 4. The van der Waals surface area contributed by atoms with Crippen molar-refractivity contribution in [3.05, 3.63) is 29.8 Å². The Labute approximate surface area is 109 Å². The van der Waals surface area contributed by atoms with E-state index >= 15 is 0 Å². The van der Waals surface area contributed by atoms with Crippen LogP contribution >= 0.6 is 0 Å². The molecule has 0 bridgehead atoms. The van der Waals surface area contributed by atoms with Crippen molar-refractivity contribution in [2.24, 2.45) is 0 Å². The largest absolute Gasteiger partial charge is 0.376 e. The van der Waals surface area contributed by atoms with E-state index in [4.69, 9.17) is 0 Å². The van der Waals surface area contributed by atoms with Gasteiger partial charge in [-0.2, -0.15) is 0 Å². The number of halogens is 2. The molecule has 3 amide bonds. The van der Waals surface area contributed by atoms with E-state index in [9.17, 15) is 18.4 Å². The summed E-state index contributed by atoms with van der Waals surface area (Å²) in [5, 5.41) is 7.06. The Morgan fingerprint density at radius 2 is 1.74 bits per heavy atom. The van der Waals surface area contributed by atoms with E-state index < -0.39 is 23.6 Å². The SMILES string of the molecule is CC(C)NC(=O)NC(=O)CNc1cc(F)cc(F)c1. The molecule has 3 N–H and O–H groups in total. The Balaban J connectivity index is 2.43. The van der Waals surface area contributed by atoms with Crippen molar-refractivity contribution in [3.63, 3.8) is 0 Å². The fraction of sp³-hybridized carbons (Fsp3) is 0.333. The Bertz CT molecular complexity index is 458. The second-order valence-corrected chi connectivity index (χ2v) is 4.19. The zero-order valence-corrected chi connectivity index (χ0v) is 10.6. The summed E-state index contributed by atoms with van der Waals surface area (Å²) >= 11 is 0. The first-order valence-corrected chi connectivity index (χ1v) is 5.67. The lowest BCUT2D eigenvalue weighted by molar-refractivity contribution is -0.118. The quantitative estimate of drug-likeness (QED) is 0.779. The highest BCUT2D eigenvalue weighted by Gasteiger charge is 2.08. The number of urea groups is 1. The molecule has 5 nitrogen and oxygen atoms in total.